The number of carbonyl (C=O) groups is 1. The Morgan fingerprint density at radius 1 is 1.52 bits per heavy atom. The number of nitrogens with zero attached hydrogens (tertiary/aromatic N) is 3. The van der Waals surface area contributed by atoms with Crippen LogP contribution in [0.4, 0.5) is 0 Å². The fraction of sp³-hybridized carbons (Fsp3) is 0.500. The number of hydrogen-bond donors (Lipinski definition) is 1. The van der Waals surface area contributed by atoms with Crippen LogP contribution in [0.2, 0.25) is 0 Å². The molecule has 0 aromatic carbocycles. The largest absolute Gasteiger partial charge is 0.382 e. The second kappa shape index (κ2) is 7.90. The van der Waals surface area contributed by atoms with Crippen molar-refractivity contribution < 1.29 is 9.53 Å². The monoisotopic (exact) mass is 308 g/mol. The average Bonchev–Trinajstić information content (AvgIpc) is 3.10. The van der Waals surface area contributed by atoms with Crippen molar-refractivity contribution in [2.45, 2.75) is 26.3 Å². The van der Waals surface area contributed by atoms with Gasteiger partial charge in [0.2, 0.25) is 5.91 Å². The Bertz CT molecular complexity index is 579. The summed E-state index contributed by atoms with van der Waals surface area (Å²) in [6, 6.07) is 1.93. The predicted molar refractivity (Wildman–Crippen MR) is 81.9 cm³/mol. The van der Waals surface area contributed by atoms with Crippen LogP contribution in [0.3, 0.4) is 0 Å². The van der Waals surface area contributed by atoms with E-state index in [0.29, 0.717) is 26.2 Å². The molecule has 6 nitrogen and oxygen atoms in total. The first-order valence-corrected chi connectivity index (χ1v) is 7.86. The van der Waals surface area contributed by atoms with E-state index >= 15 is 0 Å². The van der Waals surface area contributed by atoms with E-state index in [-0.39, 0.29) is 5.91 Å². The molecule has 7 heteroatoms. The Balaban J connectivity index is 1.76. The molecule has 0 aliphatic heterocycles. The third-order valence-corrected chi connectivity index (χ3v) is 3.76. The first-order valence-electron chi connectivity index (χ1n) is 6.98. The zero-order valence-corrected chi connectivity index (χ0v) is 13.2. The molecule has 1 amide bonds. The second-order valence-corrected chi connectivity index (χ2v) is 5.45. The summed E-state index contributed by atoms with van der Waals surface area (Å²) in [5.74, 6) is 0.0297. The number of thiazole rings is 1. The summed E-state index contributed by atoms with van der Waals surface area (Å²) in [5.41, 5.74) is 1.72. The molecule has 0 aliphatic carbocycles. The van der Waals surface area contributed by atoms with Crippen LogP contribution in [0.15, 0.2) is 17.6 Å². The lowest BCUT2D eigenvalue weighted by Crippen LogP contribution is -2.22. The van der Waals surface area contributed by atoms with E-state index in [1.54, 1.807) is 4.68 Å². The molecule has 0 radical (unpaired) electrons. The highest BCUT2D eigenvalue weighted by Gasteiger charge is 2.08. The molecule has 2 heterocycles. The predicted octanol–water partition coefficient (Wildman–Crippen LogP) is 1.98. The van der Waals surface area contributed by atoms with E-state index in [1.165, 1.54) is 11.3 Å². The van der Waals surface area contributed by atoms with E-state index in [0.717, 1.165) is 22.8 Å². The highest BCUT2D eigenvalue weighted by atomic mass is 32.1. The molecule has 114 valence electrons. The number of carbonyl (C=O) groups excluding carboxylic acids is 1. The van der Waals surface area contributed by atoms with Gasteiger partial charge in [0.15, 0.2) is 0 Å². The molecule has 2 aromatic rings. The van der Waals surface area contributed by atoms with Gasteiger partial charge in [-0.3, -0.25) is 9.48 Å². The van der Waals surface area contributed by atoms with Gasteiger partial charge in [0.05, 0.1) is 12.2 Å². The number of aromatic nitrogens is 3. The zero-order valence-electron chi connectivity index (χ0n) is 12.3. The van der Waals surface area contributed by atoms with Crippen molar-refractivity contribution in [3.05, 3.63) is 23.3 Å². The lowest BCUT2D eigenvalue weighted by Gasteiger charge is -2.03. The Hall–Kier alpha value is -1.73. The molecule has 0 atom stereocenters. The lowest BCUT2D eigenvalue weighted by atomic mass is 10.3. The number of aryl methyl sites for hydroxylation is 1. The number of hydrogen-bond acceptors (Lipinski definition) is 5. The lowest BCUT2D eigenvalue weighted by molar-refractivity contribution is -0.121. The van der Waals surface area contributed by atoms with Crippen LogP contribution in [-0.4, -0.2) is 33.9 Å². The van der Waals surface area contributed by atoms with Crippen LogP contribution in [0.5, 0.6) is 0 Å². The summed E-state index contributed by atoms with van der Waals surface area (Å²) in [6.07, 6.45) is 3.11. The summed E-state index contributed by atoms with van der Waals surface area (Å²) in [5, 5.41) is 10.0. The van der Waals surface area contributed by atoms with Crippen LogP contribution < -0.4 is 5.32 Å². The molecule has 2 rings (SSSR count). The Kier molecular flexibility index (Phi) is 5.89. The minimum atomic E-state index is 0.0297. The summed E-state index contributed by atoms with van der Waals surface area (Å²) < 4.78 is 6.95. The van der Waals surface area contributed by atoms with Gasteiger partial charge in [-0.25, -0.2) is 4.98 Å². The molecular weight excluding hydrogens is 288 g/mol. The van der Waals surface area contributed by atoms with E-state index in [9.17, 15) is 4.79 Å². The maximum absolute atomic E-state index is 11.7. The SMILES string of the molecule is CCOCCCC(=O)NCc1csc(-c2ccn(C)n2)n1. The van der Waals surface area contributed by atoms with Crippen LogP contribution in [0, 0.1) is 0 Å². The molecule has 0 saturated carbocycles. The highest BCUT2D eigenvalue weighted by Crippen LogP contribution is 2.21. The smallest absolute Gasteiger partial charge is 0.220 e. The van der Waals surface area contributed by atoms with E-state index in [4.69, 9.17) is 4.74 Å². The molecule has 0 unspecified atom stereocenters. The molecule has 21 heavy (non-hydrogen) atoms. The number of nitrogens with one attached hydrogen (secondary N) is 1. The van der Waals surface area contributed by atoms with Crippen molar-refractivity contribution in [3.8, 4) is 10.7 Å². The third kappa shape index (κ3) is 4.95. The van der Waals surface area contributed by atoms with Gasteiger partial charge in [-0.15, -0.1) is 11.3 Å². The zero-order chi connectivity index (χ0) is 15.1. The van der Waals surface area contributed by atoms with E-state index in [2.05, 4.69) is 15.4 Å². The van der Waals surface area contributed by atoms with Crippen molar-refractivity contribution in [2.24, 2.45) is 7.05 Å². The van der Waals surface area contributed by atoms with Crippen LogP contribution in [0.1, 0.15) is 25.5 Å². The van der Waals surface area contributed by atoms with E-state index in [1.807, 2.05) is 31.6 Å². The van der Waals surface area contributed by atoms with Gasteiger partial charge < -0.3 is 10.1 Å². The molecule has 0 fully saturated rings. The topological polar surface area (TPSA) is 69.0 Å². The highest BCUT2D eigenvalue weighted by molar-refractivity contribution is 7.13. The fourth-order valence-electron chi connectivity index (χ4n) is 1.79. The second-order valence-electron chi connectivity index (χ2n) is 4.60. The standard InChI is InChI=1S/C14H20N4O2S/c1-3-20-8-4-5-13(19)15-9-11-10-21-14(16-11)12-6-7-18(2)17-12/h6-7,10H,3-5,8-9H2,1-2H3,(H,15,19). The van der Waals surface area contributed by atoms with Gasteiger partial charge in [0, 0.05) is 38.3 Å². The van der Waals surface area contributed by atoms with Gasteiger partial charge in [-0.1, -0.05) is 0 Å². The van der Waals surface area contributed by atoms with Crippen molar-refractivity contribution >= 4 is 17.2 Å². The molecule has 1 N–H and O–H groups in total. The maximum atomic E-state index is 11.7. The molecular formula is C14H20N4O2S. The van der Waals surface area contributed by atoms with Crippen LogP contribution in [-0.2, 0) is 23.1 Å². The summed E-state index contributed by atoms with van der Waals surface area (Å²) >= 11 is 1.53. The Morgan fingerprint density at radius 2 is 2.38 bits per heavy atom. The van der Waals surface area contributed by atoms with Crippen LogP contribution >= 0.6 is 11.3 Å². The normalized spacial score (nSPS) is 10.8. The minimum absolute atomic E-state index is 0.0297. The molecule has 2 aromatic heterocycles. The van der Waals surface area contributed by atoms with Crippen LogP contribution in [0.25, 0.3) is 10.7 Å². The van der Waals surface area contributed by atoms with Gasteiger partial charge in [0.1, 0.15) is 10.7 Å². The summed E-state index contributed by atoms with van der Waals surface area (Å²) in [4.78, 5) is 16.1. The molecule has 0 saturated heterocycles. The van der Waals surface area contributed by atoms with Gasteiger partial charge >= 0.3 is 0 Å². The molecule has 0 bridgehead atoms. The minimum Gasteiger partial charge on any atom is -0.382 e. The summed E-state index contributed by atoms with van der Waals surface area (Å²) in [7, 11) is 1.88. The number of amides is 1. The number of ether oxygens (including phenoxy) is 1. The van der Waals surface area contributed by atoms with Crippen molar-refractivity contribution in [1.29, 1.82) is 0 Å². The third-order valence-electron chi connectivity index (χ3n) is 2.85. The summed E-state index contributed by atoms with van der Waals surface area (Å²) in [6.45, 7) is 3.72. The van der Waals surface area contributed by atoms with Gasteiger partial charge in [-0.2, -0.15) is 5.10 Å². The first kappa shape index (κ1) is 15.7. The quantitative estimate of drug-likeness (QED) is 0.757. The van der Waals surface area contributed by atoms with E-state index < -0.39 is 0 Å². The van der Waals surface area contributed by atoms with Crippen molar-refractivity contribution in [2.75, 3.05) is 13.2 Å². The van der Waals surface area contributed by atoms with Crippen molar-refractivity contribution in [3.63, 3.8) is 0 Å². The number of rotatable bonds is 8. The Morgan fingerprint density at radius 3 is 3.10 bits per heavy atom. The maximum Gasteiger partial charge on any atom is 0.220 e. The van der Waals surface area contributed by atoms with Gasteiger partial charge in [-0.05, 0) is 19.4 Å². The molecule has 0 aliphatic rings. The molecule has 0 spiro atoms. The first-order chi connectivity index (χ1) is 10.2. The fourth-order valence-corrected chi connectivity index (χ4v) is 2.57. The van der Waals surface area contributed by atoms with Crippen molar-refractivity contribution in [1.82, 2.24) is 20.1 Å². The van der Waals surface area contributed by atoms with Gasteiger partial charge in [0.25, 0.3) is 0 Å². The Labute approximate surface area is 128 Å². The average molecular weight is 308 g/mol.